The van der Waals surface area contributed by atoms with E-state index in [4.69, 9.17) is 37.4 Å². The van der Waals surface area contributed by atoms with E-state index >= 15 is 0 Å². The summed E-state index contributed by atoms with van der Waals surface area (Å²) < 4.78 is 64.0. The van der Waals surface area contributed by atoms with E-state index < -0.39 is 46.4 Å². The van der Waals surface area contributed by atoms with E-state index in [-0.39, 0.29) is 36.3 Å². The number of morpholine rings is 1. The van der Waals surface area contributed by atoms with Crippen molar-refractivity contribution in [3.05, 3.63) is 58.6 Å². The van der Waals surface area contributed by atoms with Crippen molar-refractivity contribution >= 4 is 50.9 Å². The lowest BCUT2D eigenvalue weighted by atomic mass is 10.1. The fraction of sp³-hybridized carbons (Fsp3) is 0.360. The van der Waals surface area contributed by atoms with Gasteiger partial charge in [-0.15, -0.1) is 0 Å². The first-order valence-corrected chi connectivity index (χ1v) is 13.5. The Kier molecular flexibility index (Phi) is 13.4. The van der Waals surface area contributed by atoms with Gasteiger partial charge in [0.1, 0.15) is 17.2 Å². The number of nitrogens with two attached hydrogens (primary N) is 1. The molecule has 1 fully saturated rings. The molecule has 17 heteroatoms. The molecule has 12 nitrogen and oxygen atoms in total. The number of carbonyl (C=O) groups excluding carboxylic acids is 2. The number of amides is 2. The molecule has 1 saturated heterocycles. The Balaban J connectivity index is 0.000000981. The molecule has 6 N–H and O–H groups in total. The number of carboxylic acid groups (broad SMARTS) is 1. The maximum Gasteiger partial charge on any atom is 0.490 e. The Labute approximate surface area is 245 Å². The number of hydrogen-bond acceptors (Lipinski definition) is 7. The molecule has 0 aromatic heterocycles. The van der Waals surface area contributed by atoms with Gasteiger partial charge in [-0.25, -0.2) is 13.2 Å². The summed E-state index contributed by atoms with van der Waals surface area (Å²) in [5, 5.41) is 19.9. The van der Waals surface area contributed by atoms with Crippen LogP contribution in [-0.4, -0.2) is 73.9 Å². The van der Waals surface area contributed by atoms with Crippen LogP contribution in [0.25, 0.3) is 0 Å². The highest BCUT2D eigenvalue weighted by Crippen LogP contribution is 2.28. The van der Waals surface area contributed by atoms with Crippen molar-refractivity contribution in [1.82, 2.24) is 9.62 Å². The molecule has 42 heavy (non-hydrogen) atoms. The van der Waals surface area contributed by atoms with Crippen molar-refractivity contribution in [1.29, 1.82) is 5.41 Å². The minimum absolute atomic E-state index is 0. The largest absolute Gasteiger partial charge is 0.490 e. The van der Waals surface area contributed by atoms with Crippen LogP contribution in [0, 0.1) is 5.41 Å². The van der Waals surface area contributed by atoms with Crippen molar-refractivity contribution in [3.63, 3.8) is 0 Å². The van der Waals surface area contributed by atoms with Crippen LogP contribution in [-0.2, 0) is 29.1 Å². The molecule has 1 aliphatic heterocycles. The molecule has 2 aromatic carbocycles. The molecule has 0 radical (unpaired) electrons. The minimum atomic E-state index is -5.08. The van der Waals surface area contributed by atoms with Gasteiger partial charge < -0.3 is 26.2 Å². The van der Waals surface area contributed by atoms with E-state index in [1.807, 2.05) is 0 Å². The number of rotatable bonds is 8. The van der Waals surface area contributed by atoms with Gasteiger partial charge in [-0.3, -0.25) is 15.0 Å². The highest BCUT2D eigenvalue weighted by Gasteiger charge is 2.38. The summed E-state index contributed by atoms with van der Waals surface area (Å²) >= 11 is 6.28. The summed E-state index contributed by atoms with van der Waals surface area (Å²) in [6.07, 6.45) is -5.49. The van der Waals surface area contributed by atoms with Crippen molar-refractivity contribution in [2.24, 2.45) is 5.73 Å². The number of nitrogens with zero attached hydrogens (tertiary/aromatic N) is 1. The van der Waals surface area contributed by atoms with E-state index in [9.17, 15) is 31.2 Å². The smallest absolute Gasteiger partial charge is 0.475 e. The third-order valence-corrected chi connectivity index (χ3v) is 7.85. The predicted octanol–water partition coefficient (Wildman–Crippen LogP) is 3.12. The summed E-state index contributed by atoms with van der Waals surface area (Å²) in [6.45, 7) is 2.88. The number of halogens is 4. The first-order valence-electron chi connectivity index (χ1n) is 11.7. The topological polar surface area (TPSA) is 192 Å². The van der Waals surface area contributed by atoms with Crippen LogP contribution in [0.2, 0.25) is 5.02 Å². The van der Waals surface area contributed by atoms with Gasteiger partial charge in [0.05, 0.1) is 24.3 Å². The number of benzene rings is 2. The molecule has 3 rings (SSSR count). The summed E-state index contributed by atoms with van der Waals surface area (Å²) in [5.41, 5.74) is 6.99. The number of nitrogens with one attached hydrogen (secondary N) is 3. The normalized spacial score (nSPS) is 14.3. The second-order valence-corrected chi connectivity index (χ2v) is 10.8. The van der Waals surface area contributed by atoms with Crippen molar-refractivity contribution in [3.8, 4) is 0 Å². The number of amidine groups is 1. The van der Waals surface area contributed by atoms with E-state index in [0.717, 1.165) is 0 Å². The molecule has 0 aliphatic carbocycles. The fourth-order valence-electron chi connectivity index (χ4n) is 3.38. The zero-order valence-electron chi connectivity index (χ0n) is 21.5. The minimum Gasteiger partial charge on any atom is -0.475 e. The summed E-state index contributed by atoms with van der Waals surface area (Å²) in [6, 6.07) is 10.3. The van der Waals surface area contributed by atoms with Gasteiger partial charge in [0.15, 0.2) is 0 Å². The number of alkyl halides is 3. The Bertz CT molecular complexity index is 1380. The second-order valence-electron chi connectivity index (χ2n) is 8.51. The standard InChI is InChI=1S/C22H26ClN5O5S.C2HF3O2.CH4/c1-14(26-20(29)13-21(30)27-17-5-2-15(3-6-17)22(24)25)16-4-7-19(18(23)12-16)34(31,32)28-8-10-33-11-9-28;3-2(4,5)1(6)7;/h2-7,12,14H,8-11,13H2,1H3,(H3,24,25)(H,26,29)(H,27,30);(H,6,7);1H4/t14-;;/m0../s1. The van der Waals surface area contributed by atoms with Gasteiger partial charge in [-0.05, 0) is 48.9 Å². The van der Waals surface area contributed by atoms with E-state index in [1.165, 1.54) is 16.4 Å². The Morgan fingerprint density at radius 1 is 1.12 bits per heavy atom. The second kappa shape index (κ2) is 15.5. The molecule has 2 amide bonds. The lowest BCUT2D eigenvalue weighted by molar-refractivity contribution is -0.192. The zero-order chi connectivity index (χ0) is 31.0. The maximum atomic E-state index is 12.8. The quantitative estimate of drug-likeness (QED) is 0.166. The average molecular weight is 638 g/mol. The SMILES string of the molecule is C.C[C@H](NC(=O)CC(=O)Nc1ccc(C(=N)N)cc1)c1ccc(S(=O)(=O)N2CCOCC2)c(Cl)c1.O=C(O)C(F)(F)F. The van der Waals surface area contributed by atoms with Crippen LogP contribution in [0.3, 0.4) is 0 Å². The molecule has 0 saturated carbocycles. The summed E-state index contributed by atoms with van der Waals surface area (Å²) in [4.78, 5) is 33.4. The number of sulfonamides is 1. The first-order chi connectivity index (χ1) is 19.0. The Morgan fingerprint density at radius 3 is 2.14 bits per heavy atom. The van der Waals surface area contributed by atoms with Gasteiger partial charge in [-0.1, -0.05) is 25.1 Å². The van der Waals surface area contributed by atoms with Crippen LogP contribution >= 0.6 is 11.6 Å². The van der Waals surface area contributed by atoms with Crippen LogP contribution in [0.1, 0.15) is 37.9 Å². The van der Waals surface area contributed by atoms with Crippen LogP contribution in [0.15, 0.2) is 47.4 Å². The molecule has 0 unspecified atom stereocenters. The number of anilines is 1. The lowest BCUT2D eigenvalue weighted by Gasteiger charge is -2.26. The van der Waals surface area contributed by atoms with Crippen LogP contribution < -0.4 is 16.4 Å². The van der Waals surface area contributed by atoms with Crippen molar-refractivity contribution < 1.29 is 45.8 Å². The average Bonchev–Trinajstić information content (AvgIpc) is 2.88. The highest BCUT2D eigenvalue weighted by atomic mass is 35.5. The summed E-state index contributed by atoms with van der Waals surface area (Å²) in [5.74, 6) is -3.86. The number of aliphatic carboxylic acids is 1. The van der Waals surface area contributed by atoms with Gasteiger partial charge >= 0.3 is 12.1 Å². The molecule has 2 aromatic rings. The number of ether oxygens (including phenoxy) is 1. The number of carbonyl (C=O) groups is 3. The maximum absolute atomic E-state index is 12.8. The highest BCUT2D eigenvalue weighted by molar-refractivity contribution is 7.89. The van der Waals surface area contributed by atoms with Crippen molar-refractivity contribution in [2.45, 2.75) is 37.9 Å². The van der Waals surface area contributed by atoms with Gasteiger partial charge in [-0.2, -0.15) is 17.5 Å². The lowest BCUT2D eigenvalue weighted by Crippen LogP contribution is -2.40. The molecule has 1 atom stereocenters. The Morgan fingerprint density at radius 2 is 1.67 bits per heavy atom. The number of hydrogen-bond donors (Lipinski definition) is 5. The summed E-state index contributed by atoms with van der Waals surface area (Å²) in [7, 11) is -3.75. The molecule has 0 spiro atoms. The first kappa shape index (κ1) is 36.3. The van der Waals surface area contributed by atoms with Gasteiger partial charge in [0.2, 0.25) is 21.8 Å². The Hall–Kier alpha value is -3.73. The third kappa shape index (κ3) is 10.6. The van der Waals surface area contributed by atoms with E-state index in [0.29, 0.717) is 30.0 Å². The molecule has 0 bridgehead atoms. The molecular formula is C25H31ClF3N5O7S. The molecular weight excluding hydrogens is 607 g/mol. The van der Waals surface area contributed by atoms with Gasteiger partial charge in [0, 0.05) is 24.3 Å². The third-order valence-electron chi connectivity index (χ3n) is 5.46. The number of nitrogen functional groups attached to an aromatic ring is 1. The van der Waals surface area contributed by atoms with E-state index in [2.05, 4.69) is 10.6 Å². The molecule has 1 aliphatic rings. The molecule has 232 valence electrons. The monoisotopic (exact) mass is 637 g/mol. The zero-order valence-corrected chi connectivity index (χ0v) is 23.1. The van der Waals surface area contributed by atoms with Crippen molar-refractivity contribution in [2.75, 3.05) is 31.6 Å². The fourth-order valence-corrected chi connectivity index (χ4v) is 5.32. The predicted molar refractivity (Wildman–Crippen MR) is 149 cm³/mol. The molecule has 1 heterocycles. The number of carboxylic acids is 1. The van der Waals surface area contributed by atoms with Gasteiger partial charge in [0.25, 0.3) is 0 Å². The van der Waals surface area contributed by atoms with E-state index in [1.54, 1.807) is 37.3 Å². The van der Waals surface area contributed by atoms with Crippen LogP contribution in [0.4, 0.5) is 18.9 Å². The van der Waals surface area contributed by atoms with Crippen LogP contribution in [0.5, 0.6) is 0 Å².